The highest BCUT2D eigenvalue weighted by molar-refractivity contribution is 6.40. The van der Waals surface area contributed by atoms with Crippen molar-refractivity contribution in [2.45, 2.75) is 38.5 Å². The standard InChI is InChI=1S/C21H22Cl2O3/c1-2-3-4-8-14-26-21(25)18(15-10-6-5-7-11-15)20(24)19-16(22)12-9-13-17(19)23/h5-7,9-13,18H,2-4,8,14H2,1H3. The number of carbonyl (C=O) groups is 2. The third-order valence-electron chi connectivity index (χ3n) is 4.08. The predicted octanol–water partition coefficient (Wildman–Crippen LogP) is 6.08. The molecule has 0 aliphatic rings. The van der Waals surface area contributed by atoms with Crippen LogP contribution in [0.25, 0.3) is 0 Å². The first-order valence-corrected chi connectivity index (χ1v) is 9.51. The first-order chi connectivity index (χ1) is 12.6. The van der Waals surface area contributed by atoms with E-state index in [-0.39, 0.29) is 15.6 Å². The molecule has 0 radical (unpaired) electrons. The highest BCUT2D eigenvalue weighted by atomic mass is 35.5. The smallest absolute Gasteiger partial charge is 0.321 e. The van der Waals surface area contributed by atoms with Crippen LogP contribution in [-0.2, 0) is 9.53 Å². The van der Waals surface area contributed by atoms with Crippen LogP contribution in [0.2, 0.25) is 10.0 Å². The van der Waals surface area contributed by atoms with Crippen molar-refractivity contribution in [2.75, 3.05) is 6.61 Å². The maximum Gasteiger partial charge on any atom is 0.321 e. The van der Waals surface area contributed by atoms with Crippen LogP contribution in [0.5, 0.6) is 0 Å². The van der Waals surface area contributed by atoms with Crippen molar-refractivity contribution in [3.05, 3.63) is 69.7 Å². The Hall–Kier alpha value is -1.84. The van der Waals surface area contributed by atoms with Gasteiger partial charge in [0.1, 0.15) is 5.92 Å². The zero-order valence-corrected chi connectivity index (χ0v) is 16.2. The van der Waals surface area contributed by atoms with Crippen LogP contribution in [-0.4, -0.2) is 18.4 Å². The molecule has 3 nitrogen and oxygen atoms in total. The third-order valence-corrected chi connectivity index (χ3v) is 4.71. The second kappa shape index (κ2) is 10.3. The van der Waals surface area contributed by atoms with Gasteiger partial charge in [0.15, 0.2) is 5.78 Å². The molecule has 0 aliphatic heterocycles. The molecule has 0 bridgehead atoms. The Kier molecular flexibility index (Phi) is 8.14. The molecule has 0 fully saturated rings. The molecule has 138 valence electrons. The molecule has 1 unspecified atom stereocenters. The van der Waals surface area contributed by atoms with Crippen LogP contribution in [0.3, 0.4) is 0 Å². The van der Waals surface area contributed by atoms with Gasteiger partial charge >= 0.3 is 5.97 Å². The lowest BCUT2D eigenvalue weighted by atomic mass is 9.90. The van der Waals surface area contributed by atoms with Gasteiger partial charge in [-0.1, -0.05) is 85.8 Å². The molecule has 0 amide bonds. The Morgan fingerprint density at radius 1 is 0.923 bits per heavy atom. The first kappa shape index (κ1) is 20.5. The number of ether oxygens (including phenoxy) is 1. The van der Waals surface area contributed by atoms with E-state index >= 15 is 0 Å². The number of halogens is 2. The summed E-state index contributed by atoms with van der Waals surface area (Å²) in [7, 11) is 0. The van der Waals surface area contributed by atoms with Gasteiger partial charge in [-0.2, -0.15) is 0 Å². The average molecular weight is 393 g/mol. The second-order valence-electron chi connectivity index (χ2n) is 6.03. The molecule has 2 aromatic carbocycles. The number of rotatable bonds is 9. The monoisotopic (exact) mass is 392 g/mol. The second-order valence-corrected chi connectivity index (χ2v) is 6.85. The summed E-state index contributed by atoms with van der Waals surface area (Å²) in [6.45, 7) is 2.41. The van der Waals surface area contributed by atoms with Crippen molar-refractivity contribution in [1.29, 1.82) is 0 Å². The predicted molar refractivity (Wildman–Crippen MR) is 105 cm³/mol. The Labute approximate surface area is 164 Å². The molecule has 0 saturated heterocycles. The fourth-order valence-electron chi connectivity index (χ4n) is 2.70. The number of hydrogen-bond acceptors (Lipinski definition) is 3. The molecule has 5 heteroatoms. The van der Waals surface area contributed by atoms with Crippen LogP contribution in [0.4, 0.5) is 0 Å². The lowest BCUT2D eigenvalue weighted by molar-refractivity contribution is -0.144. The highest BCUT2D eigenvalue weighted by Gasteiger charge is 2.33. The molecular formula is C21H22Cl2O3. The summed E-state index contributed by atoms with van der Waals surface area (Å²) in [6.07, 6.45) is 3.96. The Morgan fingerprint density at radius 2 is 1.58 bits per heavy atom. The Balaban J connectivity index is 2.25. The highest BCUT2D eigenvalue weighted by Crippen LogP contribution is 2.31. The Morgan fingerprint density at radius 3 is 2.19 bits per heavy atom. The largest absolute Gasteiger partial charge is 0.465 e. The molecule has 0 N–H and O–H groups in total. The number of esters is 1. The van der Waals surface area contributed by atoms with Gasteiger partial charge in [0.2, 0.25) is 0 Å². The SMILES string of the molecule is CCCCCCOC(=O)C(C(=O)c1c(Cl)cccc1Cl)c1ccccc1. The van der Waals surface area contributed by atoms with Crippen LogP contribution in [0, 0.1) is 0 Å². The number of ketones is 1. The van der Waals surface area contributed by atoms with E-state index in [1.165, 1.54) is 0 Å². The summed E-state index contributed by atoms with van der Waals surface area (Å²) >= 11 is 12.3. The molecule has 0 aromatic heterocycles. The topological polar surface area (TPSA) is 43.4 Å². The van der Waals surface area contributed by atoms with Crippen molar-refractivity contribution in [2.24, 2.45) is 0 Å². The molecule has 2 rings (SSSR count). The summed E-state index contributed by atoms with van der Waals surface area (Å²) in [4.78, 5) is 25.8. The maximum atomic E-state index is 13.1. The van der Waals surface area contributed by atoms with Gasteiger partial charge in [-0.25, -0.2) is 0 Å². The summed E-state index contributed by atoms with van der Waals surface area (Å²) in [5.41, 5.74) is 0.708. The quantitative estimate of drug-likeness (QED) is 0.224. The van der Waals surface area contributed by atoms with Gasteiger partial charge in [-0.05, 0) is 24.1 Å². The van der Waals surface area contributed by atoms with Crippen molar-refractivity contribution >= 4 is 35.0 Å². The number of benzene rings is 2. The summed E-state index contributed by atoms with van der Waals surface area (Å²) in [6, 6.07) is 13.7. The summed E-state index contributed by atoms with van der Waals surface area (Å²) in [5.74, 6) is -2.11. The van der Waals surface area contributed by atoms with Crippen molar-refractivity contribution in [3.63, 3.8) is 0 Å². The van der Waals surface area contributed by atoms with Crippen molar-refractivity contribution < 1.29 is 14.3 Å². The van der Waals surface area contributed by atoms with Crippen LogP contribution < -0.4 is 0 Å². The summed E-state index contributed by atoms with van der Waals surface area (Å²) < 4.78 is 5.38. The molecule has 2 aromatic rings. The zero-order chi connectivity index (χ0) is 18.9. The van der Waals surface area contributed by atoms with Crippen LogP contribution >= 0.6 is 23.2 Å². The van der Waals surface area contributed by atoms with Gasteiger partial charge in [-0.3, -0.25) is 9.59 Å². The van der Waals surface area contributed by atoms with Gasteiger partial charge in [0, 0.05) is 0 Å². The number of carbonyl (C=O) groups excluding carboxylic acids is 2. The first-order valence-electron chi connectivity index (χ1n) is 8.76. The van der Waals surface area contributed by atoms with Gasteiger partial charge in [0.05, 0.1) is 22.2 Å². The van der Waals surface area contributed by atoms with Gasteiger partial charge in [0.25, 0.3) is 0 Å². The van der Waals surface area contributed by atoms with E-state index in [4.69, 9.17) is 27.9 Å². The maximum absolute atomic E-state index is 13.1. The number of Topliss-reactive ketones (excluding diaryl/α,β-unsaturated/α-hetero) is 1. The van der Waals surface area contributed by atoms with Crippen molar-refractivity contribution in [1.82, 2.24) is 0 Å². The molecular weight excluding hydrogens is 371 g/mol. The molecule has 0 aliphatic carbocycles. The van der Waals surface area contributed by atoms with E-state index in [1.54, 1.807) is 42.5 Å². The minimum atomic E-state index is -1.08. The van der Waals surface area contributed by atoms with Crippen LogP contribution in [0.1, 0.15) is 54.4 Å². The van der Waals surface area contributed by atoms with Crippen molar-refractivity contribution in [3.8, 4) is 0 Å². The third kappa shape index (κ3) is 5.33. The lowest BCUT2D eigenvalue weighted by Crippen LogP contribution is -2.25. The fourth-order valence-corrected chi connectivity index (χ4v) is 3.29. The van der Waals surface area contributed by atoms with Crippen LogP contribution in [0.15, 0.2) is 48.5 Å². The fraction of sp³-hybridized carbons (Fsp3) is 0.333. The van der Waals surface area contributed by atoms with E-state index in [0.29, 0.717) is 12.2 Å². The zero-order valence-electron chi connectivity index (χ0n) is 14.7. The molecule has 26 heavy (non-hydrogen) atoms. The van der Waals surface area contributed by atoms with E-state index < -0.39 is 17.7 Å². The number of hydrogen-bond donors (Lipinski definition) is 0. The van der Waals surface area contributed by atoms with E-state index in [9.17, 15) is 9.59 Å². The molecule has 0 saturated carbocycles. The number of unbranched alkanes of at least 4 members (excludes halogenated alkanes) is 3. The van der Waals surface area contributed by atoms with E-state index in [0.717, 1.165) is 25.7 Å². The summed E-state index contributed by atoms with van der Waals surface area (Å²) in [5, 5.41) is 0.443. The minimum Gasteiger partial charge on any atom is -0.465 e. The minimum absolute atomic E-state index is 0.146. The average Bonchev–Trinajstić information content (AvgIpc) is 2.62. The molecule has 1 atom stereocenters. The van der Waals surface area contributed by atoms with E-state index in [2.05, 4.69) is 6.92 Å². The normalized spacial score (nSPS) is 11.8. The van der Waals surface area contributed by atoms with Gasteiger partial charge < -0.3 is 4.74 Å². The molecule has 0 spiro atoms. The van der Waals surface area contributed by atoms with E-state index in [1.807, 2.05) is 6.07 Å². The molecule has 0 heterocycles. The lowest BCUT2D eigenvalue weighted by Gasteiger charge is -2.17. The Bertz CT molecular complexity index is 724. The van der Waals surface area contributed by atoms with Gasteiger partial charge in [-0.15, -0.1) is 0 Å².